The van der Waals surface area contributed by atoms with Gasteiger partial charge in [0.2, 0.25) is 0 Å². The minimum atomic E-state index is -0.968. The molecule has 2 aromatic heterocycles. The van der Waals surface area contributed by atoms with Crippen molar-refractivity contribution < 1.29 is 14.5 Å². The number of rotatable bonds is 2. The Kier molecular flexibility index (Phi) is 4.36. The van der Waals surface area contributed by atoms with Crippen molar-refractivity contribution in [2.45, 2.75) is 20.3 Å². The van der Waals surface area contributed by atoms with Crippen molar-refractivity contribution in [1.82, 2.24) is 20.2 Å². The zero-order valence-corrected chi connectivity index (χ0v) is 15.0. The molecule has 8 heteroatoms. The first-order chi connectivity index (χ1) is 12.6. The number of urea groups is 1. The number of nitrogens with one attached hydrogen (secondary N) is 2. The van der Waals surface area contributed by atoms with Crippen LogP contribution in [0.3, 0.4) is 0 Å². The Morgan fingerprint density at radius 3 is 3.19 bits per heavy atom. The average molecular weight is 354 g/mol. The largest absolute Gasteiger partial charge is 0.552 e. The van der Waals surface area contributed by atoms with E-state index in [1.165, 1.54) is 0 Å². The average Bonchev–Trinajstić information content (AvgIpc) is 3.09. The Morgan fingerprint density at radius 2 is 2.42 bits per heavy atom. The van der Waals surface area contributed by atoms with E-state index in [0.717, 1.165) is 28.6 Å². The zero-order valence-electron chi connectivity index (χ0n) is 15.0. The highest BCUT2D eigenvalue weighted by Crippen LogP contribution is 2.43. The van der Waals surface area contributed by atoms with Crippen LogP contribution in [-0.4, -0.2) is 52.7 Å². The van der Waals surface area contributed by atoms with Crippen LogP contribution in [0.25, 0.3) is 16.6 Å². The summed E-state index contributed by atoms with van der Waals surface area (Å²) >= 11 is 0. The molecular weight excluding hydrogens is 331 g/mol. The van der Waals surface area contributed by atoms with Crippen LogP contribution in [0.2, 0.25) is 0 Å². The number of pyridine rings is 1. The lowest BCUT2D eigenvalue weighted by Crippen LogP contribution is -2.47. The quantitative estimate of drug-likeness (QED) is 0.720. The van der Waals surface area contributed by atoms with Gasteiger partial charge < -0.3 is 24.9 Å². The molecule has 7 nitrogen and oxygen atoms in total. The van der Waals surface area contributed by atoms with Crippen LogP contribution < -0.4 is 9.97 Å². The lowest BCUT2D eigenvalue weighted by Gasteiger charge is -2.39. The summed E-state index contributed by atoms with van der Waals surface area (Å²) < 4.78 is 5.59. The third-order valence-electron chi connectivity index (χ3n) is 5.33. The summed E-state index contributed by atoms with van der Waals surface area (Å²) in [5.41, 5.74) is 2.90. The van der Waals surface area contributed by atoms with Gasteiger partial charge in [-0.2, -0.15) is 0 Å². The number of aromatic amines is 1. The molecule has 4 rings (SSSR count). The van der Waals surface area contributed by atoms with Crippen LogP contribution in [-0.2, 0) is 0 Å². The highest BCUT2D eigenvalue weighted by atomic mass is 16.5. The molecule has 2 atom stereocenters. The van der Waals surface area contributed by atoms with Gasteiger partial charge in [-0.3, -0.25) is 0 Å². The summed E-state index contributed by atoms with van der Waals surface area (Å²) in [4.78, 5) is 21.5. The topological polar surface area (TPSA) is 90.5 Å². The smallest absolute Gasteiger partial charge is 0.531 e. The molecule has 136 valence electrons. The zero-order chi connectivity index (χ0) is 18.3. The van der Waals surface area contributed by atoms with Crippen LogP contribution in [0.5, 0.6) is 5.75 Å². The van der Waals surface area contributed by atoms with Crippen LogP contribution >= 0.6 is 0 Å². The first-order valence-electron chi connectivity index (χ1n) is 9.14. The number of H-pyrrole nitrogens is 1. The Hall–Kier alpha value is -2.48. The molecule has 0 unspecified atom stereocenters. The van der Waals surface area contributed by atoms with E-state index >= 15 is 0 Å². The van der Waals surface area contributed by atoms with Crippen molar-refractivity contribution in [2.75, 3.05) is 19.6 Å². The second-order valence-electron chi connectivity index (χ2n) is 7.02. The number of carbonyl (C=O) groups excluding carboxylic acids is 1. The number of aromatic nitrogens is 2. The number of hydrogen-bond donors (Lipinski definition) is 3. The fourth-order valence-corrected chi connectivity index (χ4v) is 4.14. The minimum absolute atomic E-state index is 0.00332. The molecule has 1 saturated heterocycles. The van der Waals surface area contributed by atoms with Crippen molar-refractivity contribution in [3.63, 3.8) is 0 Å². The first-order valence-corrected chi connectivity index (χ1v) is 9.14. The molecule has 2 aliphatic heterocycles. The minimum Gasteiger partial charge on any atom is -0.531 e. The Morgan fingerprint density at radius 1 is 1.58 bits per heavy atom. The van der Waals surface area contributed by atoms with Crippen molar-refractivity contribution in [1.29, 1.82) is 0 Å². The van der Waals surface area contributed by atoms with Crippen LogP contribution in [0, 0.1) is 11.8 Å². The van der Waals surface area contributed by atoms with E-state index in [9.17, 15) is 9.82 Å². The lowest BCUT2D eigenvalue weighted by atomic mass is 9.71. The number of hydrogen-bond acceptors (Lipinski definition) is 4. The first kappa shape index (κ1) is 17.0. The fourth-order valence-electron chi connectivity index (χ4n) is 4.14. The summed E-state index contributed by atoms with van der Waals surface area (Å²) in [5, 5.41) is 14.0. The monoisotopic (exact) mass is 354 g/mol. The van der Waals surface area contributed by atoms with Gasteiger partial charge >= 0.3 is 13.1 Å². The highest BCUT2D eigenvalue weighted by molar-refractivity contribution is 6.52. The number of amides is 2. The third-order valence-corrected chi connectivity index (χ3v) is 5.33. The summed E-state index contributed by atoms with van der Waals surface area (Å²) in [6.07, 6.45) is 4.38. The predicted molar refractivity (Wildman–Crippen MR) is 101 cm³/mol. The number of likely N-dealkylation sites (tertiary alicyclic amines) is 1. The van der Waals surface area contributed by atoms with Crippen LogP contribution in [0.15, 0.2) is 24.4 Å². The van der Waals surface area contributed by atoms with Gasteiger partial charge in [-0.25, -0.2) is 9.78 Å². The maximum absolute atomic E-state index is 12.1. The number of nitrogens with zero attached hydrogens (tertiary/aromatic N) is 2. The molecule has 0 radical (unpaired) electrons. The molecule has 0 bridgehead atoms. The molecule has 3 N–H and O–H groups in total. The molecule has 0 saturated carbocycles. The molecule has 1 fully saturated rings. The SMILES string of the molecule is CCNC(=O)N1CC[C@@H](C2=CB(O)Oc3cnc4[nH]ccc4c32)[C@@H](C)C1. The van der Waals surface area contributed by atoms with Crippen molar-refractivity contribution >= 4 is 29.8 Å². The summed E-state index contributed by atoms with van der Waals surface area (Å²) in [5.74, 6) is 2.94. The van der Waals surface area contributed by atoms with E-state index in [2.05, 4.69) is 22.2 Å². The van der Waals surface area contributed by atoms with Gasteiger partial charge in [0.15, 0.2) is 0 Å². The van der Waals surface area contributed by atoms with Gasteiger partial charge in [0.1, 0.15) is 11.4 Å². The van der Waals surface area contributed by atoms with E-state index in [1.807, 2.05) is 24.1 Å². The number of fused-ring (bicyclic) bond motifs is 3. The maximum atomic E-state index is 12.1. The van der Waals surface area contributed by atoms with Crippen molar-refractivity contribution in [3.05, 3.63) is 30.0 Å². The third kappa shape index (κ3) is 2.84. The Balaban J connectivity index is 1.66. The Bertz CT molecular complexity index is 865. The van der Waals surface area contributed by atoms with Gasteiger partial charge in [-0.1, -0.05) is 6.92 Å². The second kappa shape index (κ2) is 6.68. The Labute approximate surface area is 152 Å². The molecular formula is C18H23BN4O3. The van der Waals surface area contributed by atoms with Gasteiger partial charge in [0.05, 0.1) is 6.20 Å². The lowest BCUT2D eigenvalue weighted by molar-refractivity contribution is 0.155. The highest BCUT2D eigenvalue weighted by Gasteiger charge is 2.36. The van der Waals surface area contributed by atoms with Crippen molar-refractivity contribution in [2.24, 2.45) is 11.8 Å². The number of carbonyl (C=O) groups is 1. The molecule has 2 aromatic rings. The molecule has 4 heterocycles. The van der Waals surface area contributed by atoms with Gasteiger partial charge in [0, 0.05) is 36.8 Å². The van der Waals surface area contributed by atoms with Crippen LogP contribution in [0.4, 0.5) is 4.79 Å². The van der Waals surface area contributed by atoms with Crippen molar-refractivity contribution in [3.8, 4) is 5.75 Å². The van der Waals surface area contributed by atoms with Gasteiger partial charge in [0.25, 0.3) is 0 Å². The molecule has 2 amide bonds. The van der Waals surface area contributed by atoms with E-state index in [1.54, 1.807) is 12.2 Å². The fraction of sp³-hybridized carbons (Fsp3) is 0.444. The molecule has 26 heavy (non-hydrogen) atoms. The van der Waals surface area contributed by atoms with Crippen LogP contribution in [0.1, 0.15) is 25.8 Å². The van der Waals surface area contributed by atoms with E-state index < -0.39 is 7.12 Å². The maximum Gasteiger partial charge on any atom is 0.552 e. The molecule has 0 spiro atoms. The number of allylic oxidation sites excluding steroid dienone is 1. The van der Waals surface area contributed by atoms with Gasteiger partial charge in [-0.05, 0) is 42.8 Å². The van der Waals surface area contributed by atoms with E-state index in [-0.39, 0.29) is 17.9 Å². The molecule has 0 aromatic carbocycles. The van der Waals surface area contributed by atoms with E-state index in [0.29, 0.717) is 25.4 Å². The van der Waals surface area contributed by atoms with Gasteiger partial charge in [-0.15, -0.1) is 0 Å². The molecule has 0 aliphatic carbocycles. The molecule has 2 aliphatic rings. The van der Waals surface area contributed by atoms with E-state index in [4.69, 9.17) is 4.65 Å². The summed E-state index contributed by atoms with van der Waals surface area (Å²) in [6.45, 7) is 6.12. The normalized spacial score (nSPS) is 22.7. The standard InChI is InChI=1S/C18H23BN4O3/c1-3-20-18(24)23-7-5-12(11(2)10-23)14-8-19(25)26-15-9-22-17-13(16(14)15)4-6-21-17/h4,6,8-9,11-12,25H,3,5,7,10H2,1-2H3,(H,20,24)(H,21,22)/t11-,12+/m0/s1. The number of piperidine rings is 1. The summed E-state index contributed by atoms with van der Waals surface area (Å²) in [6, 6.07) is 1.99. The predicted octanol–water partition coefficient (Wildman–Crippen LogP) is 2.05. The summed E-state index contributed by atoms with van der Waals surface area (Å²) in [7, 11) is -0.968. The second-order valence-corrected chi connectivity index (χ2v) is 7.02.